The predicted molar refractivity (Wildman–Crippen MR) is 135 cm³/mol. The van der Waals surface area contributed by atoms with Crippen LogP contribution in [-0.2, 0) is 4.79 Å². The number of hydrogen-bond donors (Lipinski definition) is 1. The van der Waals surface area contributed by atoms with Crippen molar-refractivity contribution in [2.45, 2.75) is 13.0 Å². The second-order valence-corrected chi connectivity index (χ2v) is 7.90. The zero-order valence-electron chi connectivity index (χ0n) is 18.9. The molecule has 4 rings (SSSR count). The Labute approximate surface area is 195 Å². The minimum absolute atomic E-state index is 0.135. The molecule has 0 aliphatic rings. The summed E-state index contributed by atoms with van der Waals surface area (Å²) in [5, 5.41) is 3.17. The Hall–Kier alpha value is -4.11. The molecular formula is C30H27NO2. The largest absolute Gasteiger partial charge is 0.497 e. The van der Waals surface area contributed by atoms with Crippen molar-refractivity contribution in [1.29, 1.82) is 0 Å². The van der Waals surface area contributed by atoms with Crippen LogP contribution in [0, 0.1) is 0 Å². The maximum absolute atomic E-state index is 13.0. The maximum atomic E-state index is 13.0. The molecule has 0 saturated heterocycles. The molecule has 164 valence electrons. The summed E-state index contributed by atoms with van der Waals surface area (Å²) in [6.07, 6.45) is 1.66. The molecule has 1 atom stereocenters. The molecule has 0 saturated carbocycles. The quantitative estimate of drug-likeness (QED) is 0.331. The van der Waals surface area contributed by atoms with Gasteiger partial charge in [0.1, 0.15) is 5.75 Å². The number of rotatable bonds is 7. The monoisotopic (exact) mass is 433 g/mol. The van der Waals surface area contributed by atoms with Gasteiger partial charge in [-0.25, -0.2) is 0 Å². The molecule has 0 aliphatic heterocycles. The number of nitrogens with one attached hydrogen (secondary N) is 1. The fraction of sp³-hybridized carbons (Fsp3) is 0.100. The van der Waals surface area contributed by atoms with Crippen molar-refractivity contribution >= 4 is 11.5 Å². The standard InChI is InChI=1S/C30H27NO2/c1-22(23-13-15-25(16-14-23)24-9-5-3-6-10-24)21-29(32)31-30(26-11-7-4-8-12-26)27-17-19-28(33-2)20-18-27/h3-21,30H,1-2H3,(H,31,32)/b22-21+. The summed E-state index contributed by atoms with van der Waals surface area (Å²) in [6.45, 7) is 1.96. The number of carbonyl (C=O) groups is 1. The summed E-state index contributed by atoms with van der Waals surface area (Å²) < 4.78 is 5.28. The minimum atomic E-state index is -0.255. The van der Waals surface area contributed by atoms with Crippen LogP contribution in [0.1, 0.15) is 29.7 Å². The highest BCUT2D eigenvalue weighted by atomic mass is 16.5. The Morgan fingerprint density at radius 3 is 1.88 bits per heavy atom. The highest BCUT2D eigenvalue weighted by molar-refractivity contribution is 5.95. The molecule has 1 N–H and O–H groups in total. The van der Waals surface area contributed by atoms with E-state index in [1.165, 1.54) is 5.56 Å². The fourth-order valence-electron chi connectivity index (χ4n) is 3.82. The molecular weight excluding hydrogens is 406 g/mol. The van der Waals surface area contributed by atoms with E-state index in [0.717, 1.165) is 33.6 Å². The lowest BCUT2D eigenvalue weighted by molar-refractivity contribution is -0.116. The number of allylic oxidation sites excluding steroid dienone is 1. The number of carbonyl (C=O) groups excluding carboxylic acids is 1. The van der Waals surface area contributed by atoms with Gasteiger partial charge in [-0.15, -0.1) is 0 Å². The number of amides is 1. The summed E-state index contributed by atoms with van der Waals surface area (Å²) in [5.74, 6) is 0.649. The van der Waals surface area contributed by atoms with Gasteiger partial charge in [0.15, 0.2) is 0 Å². The molecule has 1 unspecified atom stereocenters. The molecule has 3 heteroatoms. The second kappa shape index (κ2) is 10.5. The van der Waals surface area contributed by atoms with Crippen LogP contribution in [0.3, 0.4) is 0 Å². The van der Waals surface area contributed by atoms with Crippen LogP contribution in [0.5, 0.6) is 5.75 Å². The van der Waals surface area contributed by atoms with Gasteiger partial charge in [0.05, 0.1) is 13.2 Å². The molecule has 0 aliphatic carbocycles. The third kappa shape index (κ3) is 5.58. The first-order valence-electron chi connectivity index (χ1n) is 11.0. The van der Waals surface area contributed by atoms with Gasteiger partial charge in [-0.2, -0.15) is 0 Å². The van der Waals surface area contributed by atoms with Crippen molar-refractivity contribution in [3.63, 3.8) is 0 Å². The van der Waals surface area contributed by atoms with Crippen molar-refractivity contribution in [3.8, 4) is 16.9 Å². The first kappa shape index (κ1) is 22.1. The summed E-state index contributed by atoms with van der Waals surface area (Å²) in [5.41, 5.74) is 6.27. The van der Waals surface area contributed by atoms with Gasteiger partial charge < -0.3 is 10.1 Å². The van der Waals surface area contributed by atoms with E-state index in [0.29, 0.717) is 0 Å². The van der Waals surface area contributed by atoms with Gasteiger partial charge in [-0.3, -0.25) is 4.79 Å². The SMILES string of the molecule is COc1ccc(C(NC(=O)/C=C(\C)c2ccc(-c3ccccc3)cc2)c2ccccc2)cc1. The Kier molecular flexibility index (Phi) is 7.01. The van der Waals surface area contributed by atoms with Crippen LogP contribution < -0.4 is 10.1 Å². The van der Waals surface area contributed by atoms with Crippen LogP contribution in [0.4, 0.5) is 0 Å². The van der Waals surface area contributed by atoms with Crippen LogP contribution in [0.2, 0.25) is 0 Å². The summed E-state index contributed by atoms with van der Waals surface area (Å²) >= 11 is 0. The lowest BCUT2D eigenvalue weighted by atomic mass is 9.98. The molecule has 0 radical (unpaired) electrons. The van der Waals surface area contributed by atoms with Gasteiger partial charge in [0.25, 0.3) is 0 Å². The summed E-state index contributed by atoms with van der Waals surface area (Å²) in [7, 11) is 1.64. The second-order valence-electron chi connectivity index (χ2n) is 7.90. The van der Waals surface area contributed by atoms with E-state index in [-0.39, 0.29) is 11.9 Å². The maximum Gasteiger partial charge on any atom is 0.245 e. The Morgan fingerprint density at radius 1 is 0.727 bits per heavy atom. The third-order valence-electron chi connectivity index (χ3n) is 5.66. The van der Waals surface area contributed by atoms with E-state index in [1.807, 2.05) is 79.7 Å². The Morgan fingerprint density at radius 2 is 1.27 bits per heavy atom. The van der Waals surface area contributed by atoms with Crippen LogP contribution in [0.15, 0.2) is 115 Å². The molecule has 4 aromatic carbocycles. The minimum Gasteiger partial charge on any atom is -0.497 e. The van der Waals surface area contributed by atoms with Crippen molar-refractivity contribution in [2.24, 2.45) is 0 Å². The van der Waals surface area contributed by atoms with E-state index in [1.54, 1.807) is 13.2 Å². The predicted octanol–water partition coefficient (Wildman–Crippen LogP) is 6.67. The lowest BCUT2D eigenvalue weighted by Gasteiger charge is -2.19. The zero-order chi connectivity index (χ0) is 23.0. The fourth-order valence-corrected chi connectivity index (χ4v) is 3.82. The Bertz CT molecular complexity index is 1210. The van der Waals surface area contributed by atoms with Gasteiger partial charge in [0.2, 0.25) is 5.91 Å². The smallest absolute Gasteiger partial charge is 0.245 e. The highest BCUT2D eigenvalue weighted by Gasteiger charge is 2.16. The van der Waals surface area contributed by atoms with Crippen LogP contribution in [0.25, 0.3) is 16.7 Å². The zero-order valence-corrected chi connectivity index (χ0v) is 18.9. The number of benzene rings is 4. The van der Waals surface area contributed by atoms with Crippen LogP contribution >= 0.6 is 0 Å². The molecule has 3 nitrogen and oxygen atoms in total. The molecule has 0 spiro atoms. The van der Waals surface area contributed by atoms with E-state index in [9.17, 15) is 4.79 Å². The molecule has 4 aromatic rings. The number of ether oxygens (including phenoxy) is 1. The van der Waals surface area contributed by atoms with Crippen molar-refractivity contribution in [1.82, 2.24) is 5.32 Å². The molecule has 0 bridgehead atoms. The average Bonchev–Trinajstić information content (AvgIpc) is 2.88. The molecule has 33 heavy (non-hydrogen) atoms. The molecule has 0 heterocycles. The molecule has 0 aromatic heterocycles. The third-order valence-corrected chi connectivity index (χ3v) is 5.66. The van der Waals surface area contributed by atoms with Gasteiger partial charge in [-0.1, -0.05) is 97.1 Å². The summed E-state index contributed by atoms with van der Waals surface area (Å²) in [6, 6.07) is 36.0. The van der Waals surface area contributed by atoms with Gasteiger partial charge in [-0.05, 0) is 52.4 Å². The van der Waals surface area contributed by atoms with Crippen molar-refractivity contribution < 1.29 is 9.53 Å². The topological polar surface area (TPSA) is 38.3 Å². The number of methoxy groups -OCH3 is 1. The Balaban J connectivity index is 1.53. The van der Waals surface area contributed by atoms with E-state index in [2.05, 4.69) is 41.7 Å². The van der Waals surface area contributed by atoms with Crippen molar-refractivity contribution in [3.05, 3.63) is 132 Å². The van der Waals surface area contributed by atoms with E-state index >= 15 is 0 Å². The first-order chi connectivity index (χ1) is 16.1. The first-order valence-corrected chi connectivity index (χ1v) is 11.0. The molecule has 0 fully saturated rings. The normalized spacial score (nSPS) is 12.1. The lowest BCUT2D eigenvalue weighted by Crippen LogP contribution is -2.28. The number of hydrogen-bond acceptors (Lipinski definition) is 2. The van der Waals surface area contributed by atoms with Gasteiger partial charge in [0, 0.05) is 6.08 Å². The highest BCUT2D eigenvalue weighted by Crippen LogP contribution is 2.25. The van der Waals surface area contributed by atoms with E-state index in [4.69, 9.17) is 4.74 Å². The summed E-state index contributed by atoms with van der Waals surface area (Å²) in [4.78, 5) is 13.0. The van der Waals surface area contributed by atoms with E-state index < -0.39 is 0 Å². The van der Waals surface area contributed by atoms with Crippen LogP contribution in [-0.4, -0.2) is 13.0 Å². The van der Waals surface area contributed by atoms with Crippen molar-refractivity contribution in [2.75, 3.05) is 7.11 Å². The molecule has 1 amide bonds. The average molecular weight is 434 g/mol. The van der Waals surface area contributed by atoms with Gasteiger partial charge >= 0.3 is 0 Å².